The van der Waals surface area contributed by atoms with Crippen LogP contribution < -0.4 is 0 Å². The fourth-order valence-electron chi connectivity index (χ4n) is 5.14. The zero-order valence-electron chi connectivity index (χ0n) is 21.8. The highest BCUT2D eigenvalue weighted by Crippen LogP contribution is 2.36. The molecule has 0 aliphatic carbocycles. The maximum atomic E-state index is 2.34. The van der Waals surface area contributed by atoms with Crippen LogP contribution in [0.25, 0.3) is 44.5 Å². The third-order valence-electron chi connectivity index (χ3n) is 7.47. The van der Waals surface area contributed by atoms with Gasteiger partial charge in [-0.15, -0.1) is 0 Å². The molecule has 0 heteroatoms. The van der Waals surface area contributed by atoms with Gasteiger partial charge in [-0.3, -0.25) is 0 Å². The van der Waals surface area contributed by atoms with Crippen molar-refractivity contribution in [3.05, 3.63) is 132 Å². The fourth-order valence-corrected chi connectivity index (χ4v) is 5.14. The standard InChI is InChI=1S/C36H34/c1-5-25(2)33-16-9-10-17-35(33)32-15-11-14-29(23-32)30-20-21-34(27(4)22-30)36-24-31(19-18-26(36)3)28-12-7-6-8-13-28/h6-25H,5H2,1-4H3. The molecule has 5 aromatic rings. The minimum absolute atomic E-state index is 0.543. The van der Waals surface area contributed by atoms with Crippen LogP contribution in [-0.2, 0) is 0 Å². The molecule has 0 saturated heterocycles. The largest absolute Gasteiger partial charge is 0.0648 e. The highest BCUT2D eigenvalue weighted by atomic mass is 14.2. The van der Waals surface area contributed by atoms with Crippen molar-refractivity contribution in [2.45, 2.75) is 40.0 Å². The molecule has 0 aliphatic rings. The Kier molecular flexibility index (Phi) is 6.87. The molecule has 0 radical (unpaired) electrons. The van der Waals surface area contributed by atoms with Crippen molar-refractivity contribution in [2.75, 3.05) is 0 Å². The summed E-state index contributed by atoms with van der Waals surface area (Å²) in [5, 5.41) is 0. The smallest absolute Gasteiger partial charge is 0.0146 e. The Bertz CT molecular complexity index is 1490. The van der Waals surface area contributed by atoms with Gasteiger partial charge in [-0.1, -0.05) is 117 Å². The van der Waals surface area contributed by atoms with E-state index in [2.05, 4.69) is 143 Å². The summed E-state index contributed by atoms with van der Waals surface area (Å²) in [6.07, 6.45) is 1.14. The molecule has 0 aliphatic heterocycles. The summed E-state index contributed by atoms with van der Waals surface area (Å²) < 4.78 is 0. The SMILES string of the molecule is CCC(C)c1ccccc1-c1cccc(-c2ccc(-c3cc(-c4ccccc4)ccc3C)c(C)c2)c1. The molecule has 1 atom stereocenters. The Morgan fingerprint density at radius 1 is 0.472 bits per heavy atom. The maximum Gasteiger partial charge on any atom is -0.0146 e. The topological polar surface area (TPSA) is 0 Å². The zero-order valence-corrected chi connectivity index (χ0v) is 21.8. The molecule has 1 unspecified atom stereocenters. The van der Waals surface area contributed by atoms with Gasteiger partial charge < -0.3 is 0 Å². The number of rotatable bonds is 6. The van der Waals surface area contributed by atoms with E-state index in [0.29, 0.717) is 5.92 Å². The number of benzene rings is 5. The predicted molar refractivity (Wildman–Crippen MR) is 156 cm³/mol. The molecule has 0 bridgehead atoms. The molecule has 0 heterocycles. The van der Waals surface area contributed by atoms with Gasteiger partial charge in [0.05, 0.1) is 0 Å². The van der Waals surface area contributed by atoms with Crippen LogP contribution in [0.3, 0.4) is 0 Å². The van der Waals surface area contributed by atoms with E-state index < -0.39 is 0 Å². The molecule has 0 nitrogen and oxygen atoms in total. The second kappa shape index (κ2) is 10.4. The minimum atomic E-state index is 0.543. The first-order valence-corrected chi connectivity index (χ1v) is 13.0. The Labute approximate surface area is 216 Å². The van der Waals surface area contributed by atoms with Crippen LogP contribution in [0.1, 0.15) is 42.9 Å². The summed E-state index contributed by atoms with van der Waals surface area (Å²) in [4.78, 5) is 0. The van der Waals surface area contributed by atoms with Gasteiger partial charge in [0, 0.05) is 0 Å². The summed E-state index contributed by atoms with van der Waals surface area (Å²) in [5.41, 5.74) is 14.3. The number of hydrogen-bond donors (Lipinski definition) is 0. The van der Waals surface area contributed by atoms with Crippen LogP contribution in [0.15, 0.2) is 115 Å². The van der Waals surface area contributed by atoms with E-state index in [1.54, 1.807) is 0 Å². The molecule has 0 N–H and O–H groups in total. The van der Waals surface area contributed by atoms with E-state index >= 15 is 0 Å². The van der Waals surface area contributed by atoms with Gasteiger partial charge in [-0.25, -0.2) is 0 Å². The average Bonchev–Trinajstić information content (AvgIpc) is 2.93. The lowest BCUT2D eigenvalue weighted by Crippen LogP contribution is -1.95. The van der Waals surface area contributed by atoms with Gasteiger partial charge in [0.1, 0.15) is 0 Å². The molecule has 5 aromatic carbocycles. The summed E-state index contributed by atoms with van der Waals surface area (Å²) >= 11 is 0. The van der Waals surface area contributed by atoms with Crippen LogP contribution in [-0.4, -0.2) is 0 Å². The molecule has 0 aromatic heterocycles. The Morgan fingerprint density at radius 2 is 1.11 bits per heavy atom. The molecule has 36 heavy (non-hydrogen) atoms. The maximum absolute atomic E-state index is 2.34. The van der Waals surface area contributed by atoms with Crippen LogP contribution >= 0.6 is 0 Å². The van der Waals surface area contributed by atoms with Crippen molar-refractivity contribution in [3.63, 3.8) is 0 Å². The van der Waals surface area contributed by atoms with E-state index in [0.717, 1.165) is 6.42 Å². The Balaban J connectivity index is 1.52. The average molecular weight is 467 g/mol. The third-order valence-corrected chi connectivity index (χ3v) is 7.47. The van der Waals surface area contributed by atoms with Crippen molar-refractivity contribution in [1.29, 1.82) is 0 Å². The predicted octanol–water partition coefficient (Wildman–Crippen LogP) is 10.5. The first-order valence-electron chi connectivity index (χ1n) is 13.0. The highest BCUT2D eigenvalue weighted by molar-refractivity contribution is 5.81. The van der Waals surface area contributed by atoms with Crippen molar-refractivity contribution in [1.82, 2.24) is 0 Å². The van der Waals surface area contributed by atoms with E-state index in [1.807, 2.05) is 0 Å². The lowest BCUT2D eigenvalue weighted by atomic mass is 9.88. The minimum Gasteiger partial charge on any atom is -0.0648 e. The lowest BCUT2D eigenvalue weighted by molar-refractivity contribution is 0.735. The normalized spacial score (nSPS) is 11.9. The summed E-state index contributed by atoms with van der Waals surface area (Å²) in [6, 6.07) is 42.2. The molecule has 0 fully saturated rings. The van der Waals surface area contributed by atoms with Crippen LogP contribution in [0.4, 0.5) is 0 Å². The summed E-state index contributed by atoms with van der Waals surface area (Å²) in [6.45, 7) is 9.02. The second-order valence-electron chi connectivity index (χ2n) is 9.90. The molecule has 0 saturated carbocycles. The molecular formula is C36H34. The van der Waals surface area contributed by atoms with Crippen LogP contribution in [0.5, 0.6) is 0 Å². The molecule has 5 rings (SSSR count). The first-order chi connectivity index (χ1) is 17.5. The zero-order chi connectivity index (χ0) is 25.1. The van der Waals surface area contributed by atoms with E-state index in [1.165, 1.54) is 61.2 Å². The molecular weight excluding hydrogens is 432 g/mol. The molecule has 0 amide bonds. The summed E-state index contributed by atoms with van der Waals surface area (Å²) in [5.74, 6) is 0.543. The van der Waals surface area contributed by atoms with Crippen molar-refractivity contribution >= 4 is 0 Å². The van der Waals surface area contributed by atoms with Gasteiger partial charge in [-0.05, 0) is 99.5 Å². The van der Waals surface area contributed by atoms with Crippen LogP contribution in [0, 0.1) is 13.8 Å². The van der Waals surface area contributed by atoms with Crippen molar-refractivity contribution in [2.24, 2.45) is 0 Å². The third kappa shape index (κ3) is 4.77. The van der Waals surface area contributed by atoms with Crippen LogP contribution in [0.2, 0.25) is 0 Å². The Morgan fingerprint density at radius 3 is 1.89 bits per heavy atom. The van der Waals surface area contributed by atoms with Gasteiger partial charge in [-0.2, -0.15) is 0 Å². The van der Waals surface area contributed by atoms with Gasteiger partial charge >= 0.3 is 0 Å². The van der Waals surface area contributed by atoms with Crippen molar-refractivity contribution in [3.8, 4) is 44.5 Å². The highest BCUT2D eigenvalue weighted by Gasteiger charge is 2.12. The van der Waals surface area contributed by atoms with Crippen molar-refractivity contribution < 1.29 is 0 Å². The van der Waals surface area contributed by atoms with E-state index in [-0.39, 0.29) is 0 Å². The second-order valence-corrected chi connectivity index (χ2v) is 9.90. The fraction of sp³-hybridized carbons (Fsp3) is 0.167. The van der Waals surface area contributed by atoms with E-state index in [9.17, 15) is 0 Å². The quantitative estimate of drug-likeness (QED) is 0.233. The first kappa shape index (κ1) is 23.8. The number of aryl methyl sites for hydroxylation is 2. The number of hydrogen-bond acceptors (Lipinski definition) is 0. The van der Waals surface area contributed by atoms with Gasteiger partial charge in [0.2, 0.25) is 0 Å². The molecule has 178 valence electrons. The van der Waals surface area contributed by atoms with E-state index in [4.69, 9.17) is 0 Å². The van der Waals surface area contributed by atoms with Gasteiger partial charge in [0.25, 0.3) is 0 Å². The summed E-state index contributed by atoms with van der Waals surface area (Å²) in [7, 11) is 0. The molecule has 0 spiro atoms. The lowest BCUT2D eigenvalue weighted by Gasteiger charge is -2.16. The Hall–Kier alpha value is -3.90. The van der Waals surface area contributed by atoms with Gasteiger partial charge in [0.15, 0.2) is 0 Å². The monoisotopic (exact) mass is 466 g/mol.